The molecule has 0 spiro atoms. The summed E-state index contributed by atoms with van der Waals surface area (Å²) in [7, 11) is 3.45. The third-order valence-electron chi connectivity index (χ3n) is 2.78. The SMILES string of the molecule is CCN(CC(=O)N(C)C)Cc1c(O)cccc1Cl. The number of hydrogen-bond donors (Lipinski definition) is 1. The average molecular weight is 271 g/mol. The molecule has 4 nitrogen and oxygen atoms in total. The molecule has 1 aromatic rings. The van der Waals surface area contributed by atoms with Gasteiger partial charge in [-0.05, 0) is 18.7 Å². The largest absolute Gasteiger partial charge is 0.508 e. The fraction of sp³-hybridized carbons (Fsp3) is 0.462. The Kier molecular flexibility index (Phi) is 5.44. The van der Waals surface area contributed by atoms with Gasteiger partial charge in [0.1, 0.15) is 5.75 Å². The van der Waals surface area contributed by atoms with Crippen LogP contribution in [0.1, 0.15) is 12.5 Å². The van der Waals surface area contributed by atoms with E-state index < -0.39 is 0 Å². The number of amides is 1. The van der Waals surface area contributed by atoms with E-state index in [1.165, 1.54) is 0 Å². The van der Waals surface area contributed by atoms with Gasteiger partial charge in [0, 0.05) is 31.2 Å². The van der Waals surface area contributed by atoms with Crippen molar-refractivity contribution in [3.63, 3.8) is 0 Å². The molecule has 0 atom stereocenters. The van der Waals surface area contributed by atoms with Crippen molar-refractivity contribution in [2.75, 3.05) is 27.2 Å². The molecule has 1 N–H and O–H groups in total. The fourth-order valence-electron chi connectivity index (χ4n) is 1.54. The zero-order valence-corrected chi connectivity index (χ0v) is 11.7. The Morgan fingerprint density at radius 3 is 2.56 bits per heavy atom. The standard InChI is InChI=1S/C13H19ClN2O2/c1-4-16(9-13(18)15(2)3)8-10-11(14)6-5-7-12(10)17/h5-7,17H,4,8-9H2,1-3H3. The number of aromatic hydroxyl groups is 1. The summed E-state index contributed by atoms with van der Waals surface area (Å²) >= 11 is 6.05. The third-order valence-corrected chi connectivity index (χ3v) is 3.13. The van der Waals surface area contributed by atoms with E-state index in [0.29, 0.717) is 30.2 Å². The lowest BCUT2D eigenvalue weighted by atomic mass is 10.2. The molecule has 18 heavy (non-hydrogen) atoms. The first-order valence-electron chi connectivity index (χ1n) is 5.84. The second kappa shape index (κ2) is 6.61. The Hall–Kier alpha value is -1.26. The number of phenolic OH excluding ortho intramolecular Hbond substituents is 1. The van der Waals surface area contributed by atoms with E-state index in [0.717, 1.165) is 0 Å². The average Bonchev–Trinajstić information content (AvgIpc) is 2.32. The highest BCUT2D eigenvalue weighted by atomic mass is 35.5. The molecule has 1 amide bonds. The molecule has 0 aromatic heterocycles. The van der Waals surface area contributed by atoms with Gasteiger partial charge in [-0.25, -0.2) is 0 Å². The van der Waals surface area contributed by atoms with Crippen LogP contribution in [0.4, 0.5) is 0 Å². The van der Waals surface area contributed by atoms with Crippen LogP contribution in [0.2, 0.25) is 5.02 Å². The first kappa shape index (κ1) is 14.8. The quantitative estimate of drug-likeness (QED) is 0.890. The van der Waals surface area contributed by atoms with Crippen LogP contribution in [-0.4, -0.2) is 48.0 Å². The monoisotopic (exact) mass is 270 g/mol. The molecule has 1 rings (SSSR count). The minimum Gasteiger partial charge on any atom is -0.508 e. The molecular weight excluding hydrogens is 252 g/mol. The molecule has 0 heterocycles. The van der Waals surface area contributed by atoms with Crippen molar-refractivity contribution in [3.05, 3.63) is 28.8 Å². The predicted molar refractivity (Wildman–Crippen MR) is 72.8 cm³/mol. The van der Waals surface area contributed by atoms with Crippen LogP contribution >= 0.6 is 11.6 Å². The van der Waals surface area contributed by atoms with Crippen LogP contribution in [-0.2, 0) is 11.3 Å². The molecule has 0 aliphatic heterocycles. The molecule has 0 saturated carbocycles. The maximum absolute atomic E-state index is 11.7. The number of halogens is 1. The van der Waals surface area contributed by atoms with Crippen LogP contribution in [0.25, 0.3) is 0 Å². The lowest BCUT2D eigenvalue weighted by Crippen LogP contribution is -2.36. The van der Waals surface area contributed by atoms with Crippen molar-refractivity contribution in [1.82, 2.24) is 9.80 Å². The van der Waals surface area contributed by atoms with Gasteiger partial charge >= 0.3 is 0 Å². The molecular formula is C13H19ClN2O2. The zero-order valence-electron chi connectivity index (χ0n) is 11.0. The Morgan fingerprint density at radius 2 is 2.06 bits per heavy atom. The first-order valence-corrected chi connectivity index (χ1v) is 6.22. The van der Waals surface area contributed by atoms with Crippen molar-refractivity contribution in [2.24, 2.45) is 0 Å². The van der Waals surface area contributed by atoms with Crippen molar-refractivity contribution in [1.29, 1.82) is 0 Å². The summed E-state index contributed by atoms with van der Waals surface area (Å²) in [4.78, 5) is 15.1. The van der Waals surface area contributed by atoms with E-state index in [1.807, 2.05) is 11.8 Å². The highest BCUT2D eigenvalue weighted by Crippen LogP contribution is 2.26. The molecule has 0 bridgehead atoms. The van der Waals surface area contributed by atoms with Gasteiger partial charge in [0.05, 0.1) is 6.54 Å². The summed E-state index contributed by atoms with van der Waals surface area (Å²) in [6.45, 7) is 3.46. The van der Waals surface area contributed by atoms with Crippen LogP contribution in [0, 0.1) is 0 Å². The molecule has 1 aromatic carbocycles. The van der Waals surface area contributed by atoms with Gasteiger partial charge in [0.25, 0.3) is 0 Å². The number of phenols is 1. The van der Waals surface area contributed by atoms with Gasteiger partial charge in [-0.15, -0.1) is 0 Å². The number of rotatable bonds is 5. The Labute approximate surface area is 113 Å². The molecule has 100 valence electrons. The molecule has 0 fully saturated rings. The summed E-state index contributed by atoms with van der Waals surface area (Å²) in [5, 5.41) is 10.3. The number of likely N-dealkylation sites (N-methyl/N-ethyl adjacent to an activating group) is 2. The molecule has 0 saturated heterocycles. The molecule has 0 aliphatic carbocycles. The van der Waals surface area contributed by atoms with Gasteiger partial charge in [0.15, 0.2) is 0 Å². The van der Waals surface area contributed by atoms with E-state index in [1.54, 1.807) is 37.2 Å². The summed E-state index contributed by atoms with van der Waals surface area (Å²) in [5.74, 6) is 0.196. The maximum Gasteiger partial charge on any atom is 0.236 e. The van der Waals surface area contributed by atoms with Gasteiger partial charge in [-0.2, -0.15) is 0 Å². The second-order valence-corrected chi connectivity index (χ2v) is 4.74. The van der Waals surface area contributed by atoms with Gasteiger partial charge in [-0.1, -0.05) is 24.6 Å². The molecule has 5 heteroatoms. The molecule has 0 radical (unpaired) electrons. The van der Waals surface area contributed by atoms with E-state index >= 15 is 0 Å². The summed E-state index contributed by atoms with van der Waals surface area (Å²) < 4.78 is 0. The van der Waals surface area contributed by atoms with E-state index in [2.05, 4.69) is 0 Å². The van der Waals surface area contributed by atoms with Crippen molar-refractivity contribution in [2.45, 2.75) is 13.5 Å². The zero-order chi connectivity index (χ0) is 13.7. The number of carbonyl (C=O) groups is 1. The Bertz CT molecular complexity index is 401. The van der Waals surface area contributed by atoms with Crippen LogP contribution in [0.15, 0.2) is 18.2 Å². The predicted octanol–water partition coefficient (Wildman–Crippen LogP) is 1.96. The minimum atomic E-state index is 0.0309. The number of hydrogen-bond acceptors (Lipinski definition) is 3. The lowest BCUT2D eigenvalue weighted by molar-refractivity contribution is -0.130. The van der Waals surface area contributed by atoms with Crippen molar-refractivity contribution in [3.8, 4) is 5.75 Å². The summed E-state index contributed by atoms with van der Waals surface area (Å²) in [6.07, 6.45) is 0. The van der Waals surface area contributed by atoms with Gasteiger partial charge in [0.2, 0.25) is 5.91 Å². The van der Waals surface area contributed by atoms with Crippen molar-refractivity contribution < 1.29 is 9.90 Å². The number of nitrogens with zero attached hydrogens (tertiary/aromatic N) is 2. The van der Waals surface area contributed by atoms with E-state index in [4.69, 9.17) is 11.6 Å². The summed E-state index contributed by atoms with van der Waals surface area (Å²) in [6, 6.07) is 5.03. The Morgan fingerprint density at radius 1 is 1.39 bits per heavy atom. The van der Waals surface area contributed by atoms with Gasteiger partial charge in [-0.3, -0.25) is 9.69 Å². The van der Waals surface area contributed by atoms with Crippen molar-refractivity contribution >= 4 is 17.5 Å². The smallest absolute Gasteiger partial charge is 0.236 e. The normalized spacial score (nSPS) is 10.7. The lowest BCUT2D eigenvalue weighted by Gasteiger charge is -2.22. The molecule has 0 unspecified atom stereocenters. The van der Waals surface area contributed by atoms with Crippen LogP contribution in [0.3, 0.4) is 0 Å². The van der Waals surface area contributed by atoms with E-state index in [-0.39, 0.29) is 11.7 Å². The Balaban J connectivity index is 2.77. The first-order chi connectivity index (χ1) is 8.45. The highest BCUT2D eigenvalue weighted by Gasteiger charge is 2.14. The van der Waals surface area contributed by atoms with E-state index in [9.17, 15) is 9.90 Å². The minimum absolute atomic E-state index is 0.0309. The summed E-state index contributed by atoms with van der Waals surface area (Å²) in [5.41, 5.74) is 0.660. The number of carbonyl (C=O) groups excluding carboxylic acids is 1. The van der Waals surface area contributed by atoms with Crippen LogP contribution in [0.5, 0.6) is 5.75 Å². The van der Waals surface area contributed by atoms with Gasteiger partial charge < -0.3 is 10.0 Å². The highest BCUT2D eigenvalue weighted by molar-refractivity contribution is 6.31. The second-order valence-electron chi connectivity index (χ2n) is 4.33. The van der Waals surface area contributed by atoms with Crippen LogP contribution < -0.4 is 0 Å². The fourth-order valence-corrected chi connectivity index (χ4v) is 1.77. The number of benzene rings is 1. The molecule has 0 aliphatic rings. The maximum atomic E-state index is 11.7. The third kappa shape index (κ3) is 3.89. The topological polar surface area (TPSA) is 43.8 Å².